The van der Waals surface area contributed by atoms with Crippen LogP contribution in [0.5, 0.6) is 11.5 Å². The normalized spacial score (nSPS) is 14.8. The highest BCUT2D eigenvalue weighted by Gasteiger charge is 2.48. The third-order valence-electron chi connectivity index (χ3n) is 6.12. The second-order valence-corrected chi connectivity index (χ2v) is 10.4. The Hall–Kier alpha value is -3.03. The van der Waals surface area contributed by atoms with Gasteiger partial charge in [-0.05, 0) is 76.8 Å². The minimum absolute atomic E-state index is 0.208. The fourth-order valence-corrected chi connectivity index (χ4v) is 4.33. The molecule has 0 saturated heterocycles. The first kappa shape index (κ1) is 26.0. The molecule has 1 aromatic heterocycles. The molecular formula is C28H31ClO7. The Morgan fingerprint density at radius 1 is 1.11 bits per heavy atom. The number of hydrogen-bond donors (Lipinski definition) is 0. The van der Waals surface area contributed by atoms with E-state index >= 15 is 0 Å². The third-order valence-corrected chi connectivity index (χ3v) is 6.42. The number of fused-ring (bicyclic) bond motifs is 1. The summed E-state index contributed by atoms with van der Waals surface area (Å²) in [4.78, 5) is 25.4. The number of aryl methyl sites for hydroxylation is 1. The number of benzene rings is 2. The maximum Gasteiger partial charge on any atom is 0.338 e. The molecule has 0 aliphatic heterocycles. The van der Waals surface area contributed by atoms with E-state index in [1.165, 1.54) is 6.07 Å². The van der Waals surface area contributed by atoms with Gasteiger partial charge in [0, 0.05) is 6.07 Å². The zero-order chi connectivity index (χ0) is 26.1. The molecule has 0 N–H and O–H groups in total. The topological polar surface area (TPSA) is 84.2 Å². The second kappa shape index (κ2) is 10.1. The molecule has 36 heavy (non-hydrogen) atoms. The molecule has 1 aliphatic carbocycles. The fourth-order valence-electron chi connectivity index (χ4n) is 4.12. The van der Waals surface area contributed by atoms with Crippen LogP contribution in [-0.4, -0.2) is 37.5 Å². The zero-order valence-corrected chi connectivity index (χ0v) is 22.0. The Morgan fingerprint density at radius 3 is 2.50 bits per heavy atom. The van der Waals surface area contributed by atoms with Gasteiger partial charge in [-0.1, -0.05) is 17.7 Å². The molecule has 0 unspecified atom stereocenters. The Kier molecular flexibility index (Phi) is 7.34. The first-order valence-electron chi connectivity index (χ1n) is 11.9. The molecule has 1 fully saturated rings. The van der Waals surface area contributed by atoms with Crippen LogP contribution in [0.2, 0.25) is 5.02 Å². The van der Waals surface area contributed by atoms with Crippen molar-refractivity contribution in [1.29, 1.82) is 0 Å². The number of esters is 1. The van der Waals surface area contributed by atoms with Crippen molar-refractivity contribution in [2.24, 2.45) is 0 Å². The zero-order valence-electron chi connectivity index (χ0n) is 21.2. The molecule has 1 saturated carbocycles. The molecular weight excluding hydrogens is 484 g/mol. The van der Waals surface area contributed by atoms with Gasteiger partial charge < -0.3 is 23.4 Å². The number of carbonyl (C=O) groups is 1. The summed E-state index contributed by atoms with van der Waals surface area (Å²) in [6.07, 6.45) is 2.19. The average Bonchev–Trinajstić information content (AvgIpc) is 2.78. The van der Waals surface area contributed by atoms with Gasteiger partial charge in [0.25, 0.3) is 0 Å². The van der Waals surface area contributed by atoms with Crippen molar-refractivity contribution in [1.82, 2.24) is 0 Å². The van der Waals surface area contributed by atoms with E-state index in [2.05, 4.69) is 0 Å². The van der Waals surface area contributed by atoms with E-state index < -0.39 is 11.2 Å². The second-order valence-electron chi connectivity index (χ2n) is 9.96. The lowest BCUT2D eigenvalue weighted by molar-refractivity contribution is -0.197. The van der Waals surface area contributed by atoms with Crippen LogP contribution in [0.1, 0.15) is 45.6 Å². The smallest absolute Gasteiger partial charge is 0.338 e. The number of para-hydroxylation sites is 1. The molecule has 1 heterocycles. The van der Waals surface area contributed by atoms with Gasteiger partial charge in [0.1, 0.15) is 29.5 Å². The van der Waals surface area contributed by atoms with Gasteiger partial charge in [-0.25, -0.2) is 4.79 Å². The quantitative estimate of drug-likeness (QED) is 0.265. The van der Waals surface area contributed by atoms with Crippen LogP contribution in [0.3, 0.4) is 0 Å². The molecule has 1 aliphatic rings. The summed E-state index contributed by atoms with van der Waals surface area (Å²) >= 11 is 6.28. The number of methoxy groups -OCH3 is 1. The minimum atomic E-state index is -0.898. The molecule has 0 bridgehead atoms. The predicted octanol–water partition coefficient (Wildman–Crippen LogP) is 6.09. The standard InChI is InChI=1S/C28H31ClO7/c1-17-14-23(32-5)19(24-16-21(30)18-8-6-9-20(29)25(18)35-24)15-22(17)33-12-13-34-28(10-7-11-28)26(31)36-27(2,3)4/h6,8-9,14-16H,7,10-13H2,1-5H3. The molecule has 8 heteroatoms. The average molecular weight is 515 g/mol. The minimum Gasteiger partial charge on any atom is -0.496 e. The summed E-state index contributed by atoms with van der Waals surface area (Å²) in [6.45, 7) is 7.87. The maximum absolute atomic E-state index is 12.7. The van der Waals surface area contributed by atoms with Crippen LogP contribution in [0.4, 0.5) is 0 Å². The molecule has 7 nitrogen and oxygen atoms in total. The van der Waals surface area contributed by atoms with Crippen molar-refractivity contribution in [3.63, 3.8) is 0 Å². The summed E-state index contributed by atoms with van der Waals surface area (Å²) in [7, 11) is 1.55. The molecule has 4 rings (SSSR count). The maximum atomic E-state index is 12.7. The Labute approximate surface area is 215 Å². The molecule has 2 aromatic carbocycles. The van der Waals surface area contributed by atoms with E-state index in [9.17, 15) is 9.59 Å². The Morgan fingerprint density at radius 2 is 1.86 bits per heavy atom. The predicted molar refractivity (Wildman–Crippen MR) is 138 cm³/mol. The summed E-state index contributed by atoms with van der Waals surface area (Å²) in [5.41, 5.74) is 0.0283. The summed E-state index contributed by atoms with van der Waals surface area (Å²) in [6, 6.07) is 10.0. The van der Waals surface area contributed by atoms with Crippen LogP contribution in [0.25, 0.3) is 22.3 Å². The van der Waals surface area contributed by atoms with E-state index in [0.717, 1.165) is 12.0 Å². The lowest BCUT2D eigenvalue weighted by Crippen LogP contribution is -2.51. The highest BCUT2D eigenvalue weighted by molar-refractivity contribution is 6.34. The SMILES string of the molecule is COc1cc(C)c(OCCOC2(C(=O)OC(C)(C)C)CCC2)cc1-c1cc(=O)c2cccc(Cl)c2o1. The highest BCUT2D eigenvalue weighted by Crippen LogP contribution is 2.39. The van der Waals surface area contributed by atoms with Crippen LogP contribution < -0.4 is 14.9 Å². The lowest BCUT2D eigenvalue weighted by atomic mass is 9.80. The van der Waals surface area contributed by atoms with Crippen molar-refractivity contribution < 1.29 is 28.2 Å². The summed E-state index contributed by atoms with van der Waals surface area (Å²) < 4.78 is 29.1. The molecule has 192 valence electrons. The molecule has 0 atom stereocenters. The Balaban J connectivity index is 1.53. The van der Waals surface area contributed by atoms with Gasteiger partial charge in [-0.15, -0.1) is 0 Å². The largest absolute Gasteiger partial charge is 0.496 e. The van der Waals surface area contributed by atoms with Crippen LogP contribution in [0.15, 0.2) is 45.6 Å². The van der Waals surface area contributed by atoms with Crippen LogP contribution in [-0.2, 0) is 14.3 Å². The monoisotopic (exact) mass is 514 g/mol. The molecule has 0 radical (unpaired) electrons. The van der Waals surface area contributed by atoms with Crippen molar-refractivity contribution in [3.05, 3.63) is 57.2 Å². The van der Waals surface area contributed by atoms with Crippen molar-refractivity contribution >= 4 is 28.5 Å². The van der Waals surface area contributed by atoms with E-state index in [0.29, 0.717) is 51.7 Å². The van der Waals surface area contributed by atoms with Crippen molar-refractivity contribution in [2.75, 3.05) is 20.3 Å². The van der Waals surface area contributed by atoms with Gasteiger partial charge in [0.15, 0.2) is 16.6 Å². The van der Waals surface area contributed by atoms with E-state index in [4.69, 9.17) is 35.0 Å². The number of halogens is 1. The van der Waals surface area contributed by atoms with Crippen molar-refractivity contribution in [3.8, 4) is 22.8 Å². The van der Waals surface area contributed by atoms with Gasteiger partial charge in [0.05, 0.1) is 29.7 Å². The van der Waals surface area contributed by atoms with Crippen molar-refractivity contribution in [2.45, 2.75) is 58.2 Å². The molecule has 0 amide bonds. The molecule has 0 spiro atoms. The number of carbonyl (C=O) groups excluding carboxylic acids is 1. The van der Waals surface area contributed by atoms with E-state index in [1.54, 1.807) is 31.4 Å². The molecule has 3 aromatic rings. The van der Waals surface area contributed by atoms with E-state index in [-0.39, 0.29) is 24.6 Å². The number of ether oxygens (including phenoxy) is 4. The van der Waals surface area contributed by atoms with Gasteiger partial charge in [-0.3, -0.25) is 4.79 Å². The first-order valence-corrected chi connectivity index (χ1v) is 12.3. The first-order chi connectivity index (χ1) is 17.0. The van der Waals surface area contributed by atoms with E-state index in [1.807, 2.05) is 33.8 Å². The van der Waals surface area contributed by atoms with Gasteiger partial charge in [0.2, 0.25) is 0 Å². The van der Waals surface area contributed by atoms with Crippen LogP contribution in [0, 0.1) is 6.92 Å². The highest BCUT2D eigenvalue weighted by atomic mass is 35.5. The van der Waals surface area contributed by atoms with Gasteiger partial charge >= 0.3 is 5.97 Å². The number of rotatable bonds is 8. The van der Waals surface area contributed by atoms with Crippen LogP contribution >= 0.6 is 11.6 Å². The summed E-state index contributed by atoms with van der Waals surface area (Å²) in [5, 5.41) is 0.752. The number of hydrogen-bond acceptors (Lipinski definition) is 7. The Bertz CT molecular complexity index is 1330. The third kappa shape index (κ3) is 5.37. The van der Waals surface area contributed by atoms with Gasteiger partial charge in [-0.2, -0.15) is 0 Å². The fraction of sp³-hybridized carbons (Fsp3) is 0.429. The lowest BCUT2D eigenvalue weighted by Gasteiger charge is -2.40. The summed E-state index contributed by atoms with van der Waals surface area (Å²) in [5.74, 6) is 1.10.